The maximum absolute atomic E-state index is 12.3. The third-order valence-electron chi connectivity index (χ3n) is 3.64. The van der Waals surface area contributed by atoms with E-state index in [9.17, 15) is 4.79 Å². The van der Waals surface area contributed by atoms with Gasteiger partial charge in [0.05, 0.1) is 10.5 Å². The molecule has 118 valence electrons. The molecule has 0 radical (unpaired) electrons. The van der Waals surface area contributed by atoms with Gasteiger partial charge in [-0.05, 0) is 52.7 Å². The molecule has 23 heavy (non-hydrogen) atoms. The zero-order chi connectivity index (χ0) is 16.4. The van der Waals surface area contributed by atoms with E-state index in [2.05, 4.69) is 26.3 Å². The smallest absolute Gasteiger partial charge is 0.273 e. The first-order valence-electron chi connectivity index (χ1n) is 7.28. The van der Waals surface area contributed by atoms with E-state index >= 15 is 0 Å². The summed E-state index contributed by atoms with van der Waals surface area (Å²) in [6.45, 7) is 1.96. The Morgan fingerprint density at radius 3 is 2.43 bits per heavy atom. The van der Waals surface area contributed by atoms with Crippen molar-refractivity contribution in [3.63, 3.8) is 0 Å². The van der Waals surface area contributed by atoms with Crippen LogP contribution < -0.4 is 5.32 Å². The molecule has 3 aromatic rings. The second-order valence-corrected chi connectivity index (χ2v) is 6.23. The lowest BCUT2D eigenvalue weighted by Crippen LogP contribution is -2.27. The predicted molar refractivity (Wildman–Crippen MR) is 92.6 cm³/mol. The molecule has 5 nitrogen and oxygen atoms in total. The number of aromatic nitrogens is 3. The number of aryl methyl sites for hydroxylation is 1. The van der Waals surface area contributed by atoms with Crippen molar-refractivity contribution in [2.75, 3.05) is 0 Å². The minimum Gasteiger partial charge on any atom is -0.344 e. The zero-order valence-corrected chi connectivity index (χ0v) is 14.5. The van der Waals surface area contributed by atoms with Crippen molar-refractivity contribution in [3.8, 4) is 5.69 Å². The average molecular weight is 373 g/mol. The molecular formula is C17H17BrN4O. The summed E-state index contributed by atoms with van der Waals surface area (Å²) in [6, 6.07) is 12.0. The van der Waals surface area contributed by atoms with Gasteiger partial charge in [0.15, 0.2) is 5.69 Å². The highest BCUT2D eigenvalue weighted by Gasteiger charge is 2.17. The molecule has 0 saturated carbocycles. The first kappa shape index (κ1) is 15.6. The Bertz CT molecular complexity index is 806. The van der Waals surface area contributed by atoms with Gasteiger partial charge >= 0.3 is 0 Å². The van der Waals surface area contributed by atoms with Gasteiger partial charge in [-0.25, -0.2) is 0 Å². The molecule has 3 rings (SSSR count). The fourth-order valence-electron chi connectivity index (χ4n) is 2.40. The van der Waals surface area contributed by atoms with E-state index in [4.69, 9.17) is 0 Å². The Morgan fingerprint density at radius 1 is 1.22 bits per heavy atom. The van der Waals surface area contributed by atoms with Crippen molar-refractivity contribution in [3.05, 3.63) is 70.7 Å². The monoisotopic (exact) mass is 372 g/mol. The Labute approximate surface area is 143 Å². The van der Waals surface area contributed by atoms with Gasteiger partial charge in [0, 0.05) is 31.3 Å². The zero-order valence-electron chi connectivity index (χ0n) is 12.9. The molecule has 0 aliphatic carbocycles. The molecule has 1 atom stereocenters. The number of carbonyl (C=O) groups is 1. The van der Waals surface area contributed by atoms with Crippen molar-refractivity contribution in [2.45, 2.75) is 13.0 Å². The lowest BCUT2D eigenvalue weighted by atomic mass is 10.1. The van der Waals surface area contributed by atoms with E-state index in [0.717, 1.165) is 11.3 Å². The Morgan fingerprint density at radius 2 is 1.87 bits per heavy atom. The van der Waals surface area contributed by atoms with E-state index in [1.807, 2.05) is 60.3 Å². The molecule has 0 spiro atoms. The molecule has 1 unspecified atom stereocenters. The van der Waals surface area contributed by atoms with Crippen molar-refractivity contribution < 1.29 is 4.79 Å². The van der Waals surface area contributed by atoms with Crippen LogP contribution >= 0.6 is 15.9 Å². The Kier molecular flexibility index (Phi) is 4.34. The van der Waals surface area contributed by atoms with E-state index in [1.54, 1.807) is 17.9 Å². The van der Waals surface area contributed by atoms with Crippen LogP contribution in [-0.2, 0) is 7.05 Å². The SMILES string of the molecule is CC(NC(=O)c1nn(C)cc1Br)c1ccc(-n2cccc2)cc1. The predicted octanol–water partition coefficient (Wildman–Crippen LogP) is 3.46. The van der Waals surface area contributed by atoms with Gasteiger partial charge in [-0.1, -0.05) is 12.1 Å². The van der Waals surface area contributed by atoms with Gasteiger partial charge < -0.3 is 9.88 Å². The van der Waals surface area contributed by atoms with Crippen LogP contribution in [0.5, 0.6) is 0 Å². The molecule has 0 bridgehead atoms. The van der Waals surface area contributed by atoms with Crippen LogP contribution in [0.4, 0.5) is 0 Å². The maximum atomic E-state index is 12.3. The highest BCUT2D eigenvalue weighted by Crippen LogP contribution is 2.18. The molecule has 0 saturated heterocycles. The van der Waals surface area contributed by atoms with Crippen molar-refractivity contribution in [1.29, 1.82) is 0 Å². The maximum Gasteiger partial charge on any atom is 0.273 e. The van der Waals surface area contributed by atoms with Crippen LogP contribution in [0, 0.1) is 0 Å². The van der Waals surface area contributed by atoms with E-state index in [-0.39, 0.29) is 11.9 Å². The van der Waals surface area contributed by atoms with Gasteiger partial charge in [0.1, 0.15) is 0 Å². The number of nitrogens with zero attached hydrogens (tertiary/aromatic N) is 3. The van der Waals surface area contributed by atoms with Crippen LogP contribution in [0.2, 0.25) is 0 Å². The van der Waals surface area contributed by atoms with Gasteiger partial charge in [0.2, 0.25) is 0 Å². The van der Waals surface area contributed by atoms with Crippen LogP contribution in [0.15, 0.2) is 59.5 Å². The lowest BCUT2D eigenvalue weighted by Gasteiger charge is -2.14. The highest BCUT2D eigenvalue weighted by atomic mass is 79.9. The van der Waals surface area contributed by atoms with E-state index in [1.165, 1.54) is 0 Å². The molecule has 0 aliphatic heterocycles. The fourth-order valence-corrected chi connectivity index (χ4v) is 2.96. The molecule has 0 aliphatic rings. The summed E-state index contributed by atoms with van der Waals surface area (Å²) >= 11 is 3.35. The molecular weight excluding hydrogens is 356 g/mol. The first-order valence-corrected chi connectivity index (χ1v) is 8.07. The molecule has 2 heterocycles. The summed E-state index contributed by atoms with van der Waals surface area (Å²) in [5.41, 5.74) is 2.52. The van der Waals surface area contributed by atoms with Crippen LogP contribution in [0.1, 0.15) is 29.0 Å². The number of hydrogen-bond donors (Lipinski definition) is 1. The number of rotatable bonds is 4. The minimum atomic E-state index is -0.195. The average Bonchev–Trinajstić information content (AvgIpc) is 3.17. The summed E-state index contributed by atoms with van der Waals surface area (Å²) in [7, 11) is 1.78. The van der Waals surface area contributed by atoms with Gasteiger partial charge in [-0.2, -0.15) is 5.10 Å². The summed E-state index contributed by atoms with van der Waals surface area (Å²) in [6.07, 6.45) is 5.75. The van der Waals surface area contributed by atoms with Crippen molar-refractivity contribution >= 4 is 21.8 Å². The Hall–Kier alpha value is -2.34. The molecule has 2 aromatic heterocycles. The normalized spacial score (nSPS) is 12.1. The van der Waals surface area contributed by atoms with Crippen LogP contribution in [-0.4, -0.2) is 20.3 Å². The van der Waals surface area contributed by atoms with E-state index < -0.39 is 0 Å². The number of nitrogens with one attached hydrogen (secondary N) is 1. The second-order valence-electron chi connectivity index (χ2n) is 5.38. The van der Waals surface area contributed by atoms with Gasteiger partial charge in [-0.15, -0.1) is 0 Å². The highest BCUT2D eigenvalue weighted by molar-refractivity contribution is 9.10. The quantitative estimate of drug-likeness (QED) is 0.762. The third-order valence-corrected chi connectivity index (χ3v) is 4.22. The summed E-state index contributed by atoms with van der Waals surface area (Å²) in [5.74, 6) is -0.195. The number of benzene rings is 1. The first-order chi connectivity index (χ1) is 11.0. The summed E-state index contributed by atoms with van der Waals surface area (Å²) < 4.78 is 4.33. The standard InChI is InChI=1S/C17H17BrN4O/c1-12(19-17(23)16-15(18)11-21(2)20-16)13-5-7-14(8-6-13)22-9-3-4-10-22/h3-12H,1-2H3,(H,19,23). The molecule has 1 N–H and O–H groups in total. The molecule has 1 aromatic carbocycles. The molecule has 0 fully saturated rings. The Balaban J connectivity index is 1.72. The number of halogens is 1. The molecule has 6 heteroatoms. The van der Waals surface area contributed by atoms with E-state index in [0.29, 0.717) is 10.2 Å². The van der Waals surface area contributed by atoms with Gasteiger partial charge in [0.25, 0.3) is 5.91 Å². The van der Waals surface area contributed by atoms with Crippen molar-refractivity contribution in [2.24, 2.45) is 7.05 Å². The largest absolute Gasteiger partial charge is 0.344 e. The number of hydrogen-bond acceptors (Lipinski definition) is 2. The molecule has 1 amide bonds. The fraction of sp³-hybridized carbons (Fsp3) is 0.176. The number of carbonyl (C=O) groups excluding carboxylic acids is 1. The summed E-state index contributed by atoms with van der Waals surface area (Å²) in [5, 5.41) is 7.13. The summed E-state index contributed by atoms with van der Waals surface area (Å²) in [4.78, 5) is 12.3. The minimum absolute atomic E-state index is 0.102. The van der Waals surface area contributed by atoms with Crippen molar-refractivity contribution in [1.82, 2.24) is 19.7 Å². The topological polar surface area (TPSA) is 51.9 Å². The lowest BCUT2D eigenvalue weighted by molar-refractivity contribution is 0.0933. The van der Waals surface area contributed by atoms with Gasteiger partial charge in [-0.3, -0.25) is 9.48 Å². The number of amides is 1. The second kappa shape index (κ2) is 6.42. The van der Waals surface area contributed by atoms with Crippen LogP contribution in [0.25, 0.3) is 5.69 Å². The van der Waals surface area contributed by atoms with Crippen LogP contribution in [0.3, 0.4) is 0 Å². The third kappa shape index (κ3) is 3.37.